The van der Waals surface area contributed by atoms with Crippen molar-refractivity contribution in [2.75, 3.05) is 6.26 Å². The zero-order valence-electron chi connectivity index (χ0n) is 12.1. The van der Waals surface area contributed by atoms with Crippen molar-refractivity contribution in [2.45, 2.75) is 32.2 Å². The quantitative estimate of drug-likeness (QED) is 0.713. The molecule has 21 heavy (non-hydrogen) atoms. The van der Waals surface area contributed by atoms with E-state index in [1.165, 1.54) is 0 Å². The Bertz CT molecular complexity index is 604. The molecule has 0 radical (unpaired) electrons. The molecule has 9 heteroatoms. The van der Waals surface area contributed by atoms with Gasteiger partial charge < -0.3 is 15.6 Å². The number of carbonyl (C=O) groups is 1. The molecule has 2 aromatic heterocycles. The van der Waals surface area contributed by atoms with Crippen LogP contribution in [0.5, 0.6) is 0 Å². The van der Waals surface area contributed by atoms with Crippen LogP contribution in [0.3, 0.4) is 0 Å². The van der Waals surface area contributed by atoms with Crippen molar-refractivity contribution in [3.63, 3.8) is 0 Å². The number of H-pyrrole nitrogens is 1. The van der Waals surface area contributed by atoms with Crippen LogP contribution in [-0.4, -0.2) is 32.5 Å². The first-order valence-corrected chi connectivity index (χ1v) is 7.77. The Morgan fingerprint density at radius 3 is 2.90 bits per heavy atom. The van der Waals surface area contributed by atoms with Crippen LogP contribution in [0.15, 0.2) is 4.52 Å². The number of hydrogen-bond acceptors (Lipinski definition) is 7. The first-order chi connectivity index (χ1) is 10.0. The molecule has 4 N–H and O–H groups in total. The number of aromatic amines is 1. The summed E-state index contributed by atoms with van der Waals surface area (Å²) in [6, 6.07) is -0.780. The van der Waals surface area contributed by atoms with E-state index in [0.717, 1.165) is 11.4 Å². The Kier molecular flexibility index (Phi) is 4.97. The predicted octanol–water partition coefficient (Wildman–Crippen LogP) is 0.589. The summed E-state index contributed by atoms with van der Waals surface area (Å²) in [7, 11) is 0. The van der Waals surface area contributed by atoms with Gasteiger partial charge in [-0.05, 0) is 20.1 Å². The molecule has 0 unspecified atom stereocenters. The van der Waals surface area contributed by atoms with Crippen molar-refractivity contribution in [2.24, 2.45) is 5.73 Å². The van der Waals surface area contributed by atoms with Gasteiger partial charge in [-0.3, -0.25) is 9.89 Å². The Morgan fingerprint density at radius 1 is 1.52 bits per heavy atom. The highest BCUT2D eigenvalue weighted by Gasteiger charge is 2.22. The van der Waals surface area contributed by atoms with Gasteiger partial charge in [-0.15, -0.1) is 0 Å². The van der Waals surface area contributed by atoms with E-state index in [1.807, 2.05) is 13.2 Å². The van der Waals surface area contributed by atoms with Crippen LogP contribution in [-0.2, 0) is 17.1 Å². The lowest BCUT2D eigenvalue weighted by Crippen LogP contribution is -2.34. The average molecular weight is 310 g/mol. The number of thioether (sulfide) groups is 1. The Hall–Kier alpha value is -1.87. The average Bonchev–Trinajstić information content (AvgIpc) is 3.03. The minimum atomic E-state index is -0.780. The molecule has 1 amide bonds. The van der Waals surface area contributed by atoms with Gasteiger partial charge in [0.25, 0.3) is 0 Å². The van der Waals surface area contributed by atoms with Gasteiger partial charge in [-0.1, -0.05) is 5.16 Å². The van der Waals surface area contributed by atoms with Crippen LogP contribution in [0.2, 0.25) is 0 Å². The minimum Gasteiger partial charge on any atom is -0.345 e. The highest BCUT2D eigenvalue weighted by Crippen LogP contribution is 2.17. The molecular weight excluding hydrogens is 292 g/mol. The normalized spacial score (nSPS) is 12.4. The van der Waals surface area contributed by atoms with Crippen molar-refractivity contribution < 1.29 is 9.32 Å². The topological polar surface area (TPSA) is 123 Å². The van der Waals surface area contributed by atoms with Crippen LogP contribution < -0.4 is 11.1 Å². The summed E-state index contributed by atoms with van der Waals surface area (Å²) in [6.07, 6.45) is 1.95. The fraction of sp³-hybridized carbons (Fsp3) is 0.500. The molecule has 0 aliphatic rings. The zero-order chi connectivity index (χ0) is 15.4. The summed E-state index contributed by atoms with van der Waals surface area (Å²) in [5.74, 6) is 1.33. The van der Waals surface area contributed by atoms with Crippen LogP contribution in [0, 0.1) is 13.8 Å². The monoisotopic (exact) mass is 310 g/mol. The van der Waals surface area contributed by atoms with E-state index in [2.05, 4.69) is 25.7 Å². The van der Waals surface area contributed by atoms with Crippen molar-refractivity contribution in [1.29, 1.82) is 0 Å². The molecule has 1 atom stereocenters. The number of amides is 1. The summed E-state index contributed by atoms with van der Waals surface area (Å²) in [5.41, 5.74) is 8.17. The number of rotatable bonds is 6. The molecule has 0 saturated carbocycles. The van der Waals surface area contributed by atoms with Gasteiger partial charge in [0.15, 0.2) is 5.82 Å². The van der Waals surface area contributed by atoms with Gasteiger partial charge in [0.1, 0.15) is 6.04 Å². The highest BCUT2D eigenvalue weighted by atomic mass is 32.2. The van der Waals surface area contributed by atoms with Gasteiger partial charge in [-0.2, -0.15) is 21.8 Å². The van der Waals surface area contributed by atoms with Gasteiger partial charge in [0.05, 0.1) is 18.0 Å². The summed E-state index contributed by atoms with van der Waals surface area (Å²) in [4.78, 5) is 16.2. The Balaban J connectivity index is 1.95. The van der Waals surface area contributed by atoms with Gasteiger partial charge in [-0.25, -0.2) is 0 Å². The summed E-state index contributed by atoms with van der Waals surface area (Å²) in [6.45, 7) is 3.79. The SMILES string of the molecule is CSCc1noc(CNC(=O)[C@H](N)c2c(C)n[nH]c2C)n1. The van der Waals surface area contributed by atoms with Crippen LogP contribution in [0.25, 0.3) is 0 Å². The molecule has 0 aromatic carbocycles. The molecule has 114 valence electrons. The molecule has 0 fully saturated rings. The fourth-order valence-corrected chi connectivity index (χ4v) is 2.35. The molecule has 0 bridgehead atoms. The van der Waals surface area contributed by atoms with Crippen molar-refractivity contribution in [3.8, 4) is 0 Å². The van der Waals surface area contributed by atoms with E-state index in [0.29, 0.717) is 23.0 Å². The first kappa shape index (κ1) is 15.5. The van der Waals surface area contributed by atoms with E-state index in [-0.39, 0.29) is 12.5 Å². The molecule has 8 nitrogen and oxygen atoms in total. The minimum absolute atomic E-state index is 0.157. The lowest BCUT2D eigenvalue weighted by atomic mass is 10.1. The third kappa shape index (κ3) is 3.61. The second kappa shape index (κ2) is 6.72. The lowest BCUT2D eigenvalue weighted by Gasteiger charge is -2.11. The third-order valence-corrected chi connectivity index (χ3v) is 3.52. The largest absolute Gasteiger partial charge is 0.345 e. The maximum Gasteiger partial charge on any atom is 0.246 e. The third-order valence-electron chi connectivity index (χ3n) is 2.98. The maximum absolute atomic E-state index is 12.1. The standard InChI is InChI=1S/C12H18N6O2S/c1-6-10(7(2)17-16-6)11(13)12(19)14-4-9-15-8(5-21-3)18-20-9/h11H,4-5,13H2,1-3H3,(H,14,19)(H,16,17)/t11-/m1/s1. The molecule has 2 heterocycles. The van der Waals surface area contributed by atoms with E-state index >= 15 is 0 Å². The molecule has 0 aliphatic heterocycles. The van der Waals surface area contributed by atoms with Crippen molar-refractivity contribution in [3.05, 3.63) is 28.7 Å². The summed E-state index contributed by atoms with van der Waals surface area (Å²) >= 11 is 1.60. The summed E-state index contributed by atoms with van der Waals surface area (Å²) in [5, 5.41) is 13.3. The number of aryl methyl sites for hydroxylation is 2. The molecular formula is C12H18N6O2S. The van der Waals surface area contributed by atoms with Gasteiger partial charge >= 0.3 is 0 Å². The number of aromatic nitrogens is 4. The Morgan fingerprint density at radius 2 is 2.29 bits per heavy atom. The number of carbonyl (C=O) groups excluding carboxylic acids is 1. The molecule has 2 rings (SSSR count). The smallest absolute Gasteiger partial charge is 0.246 e. The van der Waals surface area contributed by atoms with E-state index in [1.54, 1.807) is 18.7 Å². The van der Waals surface area contributed by atoms with E-state index in [4.69, 9.17) is 10.3 Å². The summed E-state index contributed by atoms with van der Waals surface area (Å²) < 4.78 is 5.04. The number of nitrogens with two attached hydrogens (primary N) is 1. The van der Waals surface area contributed by atoms with Crippen LogP contribution >= 0.6 is 11.8 Å². The van der Waals surface area contributed by atoms with Crippen molar-refractivity contribution in [1.82, 2.24) is 25.7 Å². The molecule has 0 spiro atoms. The van der Waals surface area contributed by atoms with Crippen LogP contribution in [0.1, 0.15) is 34.7 Å². The fourth-order valence-electron chi connectivity index (χ4n) is 1.97. The lowest BCUT2D eigenvalue weighted by molar-refractivity contribution is -0.122. The molecule has 0 aliphatic carbocycles. The number of nitrogens with one attached hydrogen (secondary N) is 2. The zero-order valence-corrected chi connectivity index (χ0v) is 13.0. The Labute approximate surface area is 126 Å². The number of hydrogen-bond donors (Lipinski definition) is 3. The second-order valence-electron chi connectivity index (χ2n) is 4.58. The molecule has 2 aromatic rings. The maximum atomic E-state index is 12.1. The highest BCUT2D eigenvalue weighted by molar-refractivity contribution is 7.97. The molecule has 0 saturated heterocycles. The van der Waals surface area contributed by atoms with Crippen molar-refractivity contribution >= 4 is 17.7 Å². The number of nitrogens with zero attached hydrogens (tertiary/aromatic N) is 3. The predicted molar refractivity (Wildman–Crippen MR) is 78.4 cm³/mol. The van der Waals surface area contributed by atoms with E-state index in [9.17, 15) is 4.79 Å². The van der Waals surface area contributed by atoms with Crippen LogP contribution in [0.4, 0.5) is 0 Å². The van der Waals surface area contributed by atoms with Gasteiger partial charge in [0.2, 0.25) is 11.8 Å². The second-order valence-corrected chi connectivity index (χ2v) is 5.45. The van der Waals surface area contributed by atoms with E-state index < -0.39 is 6.04 Å². The first-order valence-electron chi connectivity index (χ1n) is 6.38. The van der Waals surface area contributed by atoms with Gasteiger partial charge in [0, 0.05) is 11.3 Å².